The summed E-state index contributed by atoms with van der Waals surface area (Å²) in [6, 6.07) is 10.9. The minimum atomic E-state index is 0.383. The molecule has 7 atom stereocenters. The highest BCUT2D eigenvalue weighted by atomic mass is 16.5. The Balaban J connectivity index is 1.49. The third-order valence-electron chi connectivity index (χ3n) is 9.93. The van der Waals surface area contributed by atoms with Crippen LogP contribution in [0.1, 0.15) is 84.1 Å². The van der Waals surface area contributed by atoms with Crippen molar-refractivity contribution in [3.8, 4) is 0 Å². The van der Waals surface area contributed by atoms with Crippen molar-refractivity contribution in [2.24, 2.45) is 34.5 Å². The fourth-order valence-corrected chi connectivity index (χ4v) is 8.55. The average molecular weight is 393 g/mol. The second-order valence-electron chi connectivity index (χ2n) is 11.1. The summed E-state index contributed by atoms with van der Waals surface area (Å²) in [4.78, 5) is 0. The molecule has 3 fully saturated rings. The highest BCUT2D eigenvalue weighted by Crippen LogP contribution is 2.67. The molecule has 0 radical (unpaired) electrons. The van der Waals surface area contributed by atoms with Gasteiger partial charge in [0.05, 0.1) is 12.7 Å². The first-order valence-electron chi connectivity index (χ1n) is 12.4. The van der Waals surface area contributed by atoms with Gasteiger partial charge in [-0.25, -0.2) is 0 Å². The molecule has 4 aliphatic rings. The molecule has 1 aromatic rings. The van der Waals surface area contributed by atoms with E-state index in [0.29, 0.717) is 16.9 Å². The largest absolute Gasteiger partial charge is 0.373 e. The van der Waals surface area contributed by atoms with Gasteiger partial charge in [0, 0.05) is 0 Å². The summed E-state index contributed by atoms with van der Waals surface area (Å²) in [6.45, 7) is 8.46. The van der Waals surface area contributed by atoms with Crippen molar-refractivity contribution < 1.29 is 4.74 Å². The van der Waals surface area contributed by atoms with E-state index >= 15 is 0 Å². The van der Waals surface area contributed by atoms with Crippen LogP contribution in [0.4, 0.5) is 0 Å². The molecule has 0 N–H and O–H groups in total. The number of benzene rings is 1. The van der Waals surface area contributed by atoms with Gasteiger partial charge in [0.25, 0.3) is 0 Å². The van der Waals surface area contributed by atoms with Gasteiger partial charge in [-0.2, -0.15) is 0 Å². The number of fused-ring (bicyclic) bond motifs is 5. The van der Waals surface area contributed by atoms with E-state index in [1.807, 2.05) is 0 Å². The molecule has 0 bridgehead atoms. The van der Waals surface area contributed by atoms with E-state index in [1.165, 1.54) is 63.4 Å². The van der Waals surface area contributed by atoms with Crippen molar-refractivity contribution in [1.29, 1.82) is 0 Å². The van der Waals surface area contributed by atoms with Crippen LogP contribution >= 0.6 is 0 Å². The summed E-state index contributed by atoms with van der Waals surface area (Å²) in [6.07, 6.45) is 15.4. The predicted molar refractivity (Wildman–Crippen MR) is 121 cm³/mol. The van der Waals surface area contributed by atoms with Crippen LogP contribution in [0.15, 0.2) is 42.0 Å². The molecular formula is C28H40O. The van der Waals surface area contributed by atoms with Gasteiger partial charge < -0.3 is 4.74 Å². The first-order chi connectivity index (χ1) is 14.1. The van der Waals surface area contributed by atoms with Gasteiger partial charge in [-0.3, -0.25) is 0 Å². The lowest BCUT2D eigenvalue weighted by molar-refractivity contribution is -0.156. The summed E-state index contributed by atoms with van der Waals surface area (Å²) in [7, 11) is 0. The first kappa shape index (κ1) is 19.9. The molecule has 158 valence electrons. The number of hydrogen-bond donors (Lipinski definition) is 0. The van der Waals surface area contributed by atoms with Gasteiger partial charge in [-0.1, -0.05) is 69.2 Å². The molecule has 0 aromatic heterocycles. The number of allylic oxidation sites excluding steroid dienone is 2. The molecule has 5 rings (SSSR count). The van der Waals surface area contributed by atoms with Crippen molar-refractivity contribution in [1.82, 2.24) is 0 Å². The molecule has 0 amide bonds. The van der Waals surface area contributed by atoms with Crippen LogP contribution in [0.5, 0.6) is 0 Å². The number of ether oxygens (including phenoxy) is 1. The third-order valence-corrected chi connectivity index (χ3v) is 9.93. The molecule has 3 saturated carbocycles. The Bertz CT molecular complexity index is 751. The molecule has 1 heteroatoms. The minimum absolute atomic E-state index is 0.383. The maximum absolute atomic E-state index is 6.89. The molecular weight excluding hydrogens is 352 g/mol. The predicted octanol–water partition coefficient (Wildman–Crippen LogP) is 7.56. The van der Waals surface area contributed by atoms with Gasteiger partial charge in [-0.05, 0) is 91.4 Å². The van der Waals surface area contributed by atoms with E-state index in [0.717, 1.165) is 30.3 Å². The Labute approximate surface area is 178 Å². The van der Waals surface area contributed by atoms with Gasteiger partial charge in [0.2, 0.25) is 0 Å². The fraction of sp³-hybridized carbons (Fsp3) is 0.714. The SMILES string of the molecule is CCC1CCC2C3CCC4=CCCCC4(C)C3[C@H](OCc3ccccc3)CC12C. The molecule has 0 saturated heterocycles. The van der Waals surface area contributed by atoms with Crippen LogP contribution < -0.4 is 0 Å². The minimum Gasteiger partial charge on any atom is -0.373 e. The Hall–Kier alpha value is -1.08. The molecule has 0 heterocycles. The Morgan fingerprint density at radius 1 is 1.07 bits per heavy atom. The Morgan fingerprint density at radius 2 is 1.90 bits per heavy atom. The molecule has 0 aliphatic heterocycles. The smallest absolute Gasteiger partial charge is 0.0720 e. The highest BCUT2D eigenvalue weighted by Gasteiger charge is 2.61. The van der Waals surface area contributed by atoms with Crippen LogP contribution in [-0.2, 0) is 11.3 Å². The molecule has 0 spiro atoms. The number of rotatable bonds is 4. The first-order valence-corrected chi connectivity index (χ1v) is 12.4. The normalized spacial score (nSPS) is 43.8. The standard InChI is InChI=1S/C28H40O/c1-4-21-14-16-24-23-15-13-22-12-8-9-17-27(22,2)26(23)25(18-28(21,24)3)29-19-20-10-6-5-7-11-20/h5-7,10-12,21,23-26H,4,8-9,13-19H2,1-3H3/t21?,23?,24?,25-,26?,27?,28?/m1/s1. The Kier molecular flexibility index (Phi) is 5.18. The van der Waals surface area contributed by atoms with Crippen LogP contribution in [0, 0.1) is 34.5 Å². The van der Waals surface area contributed by atoms with Crippen molar-refractivity contribution >= 4 is 0 Å². The number of hydrogen-bond acceptors (Lipinski definition) is 1. The van der Waals surface area contributed by atoms with Crippen LogP contribution in [0.25, 0.3) is 0 Å². The Morgan fingerprint density at radius 3 is 2.69 bits per heavy atom. The second kappa shape index (κ2) is 7.56. The maximum Gasteiger partial charge on any atom is 0.0720 e. The van der Waals surface area contributed by atoms with E-state index in [-0.39, 0.29) is 0 Å². The quantitative estimate of drug-likeness (QED) is 0.480. The van der Waals surface area contributed by atoms with E-state index < -0.39 is 0 Å². The molecule has 29 heavy (non-hydrogen) atoms. The van der Waals surface area contributed by atoms with Crippen LogP contribution in [0.3, 0.4) is 0 Å². The van der Waals surface area contributed by atoms with Crippen molar-refractivity contribution in [2.45, 2.75) is 91.3 Å². The average Bonchev–Trinajstić information content (AvgIpc) is 3.08. The molecule has 4 aliphatic carbocycles. The van der Waals surface area contributed by atoms with E-state index in [4.69, 9.17) is 4.74 Å². The van der Waals surface area contributed by atoms with Crippen LogP contribution in [0.2, 0.25) is 0 Å². The van der Waals surface area contributed by atoms with Gasteiger partial charge >= 0.3 is 0 Å². The topological polar surface area (TPSA) is 9.23 Å². The zero-order valence-electron chi connectivity index (χ0n) is 18.8. The summed E-state index contributed by atoms with van der Waals surface area (Å²) in [5, 5.41) is 0. The molecule has 1 nitrogen and oxygen atoms in total. The lowest BCUT2D eigenvalue weighted by atomic mass is 9.46. The summed E-state index contributed by atoms with van der Waals surface area (Å²) < 4.78 is 6.89. The zero-order chi connectivity index (χ0) is 20.1. The highest BCUT2D eigenvalue weighted by molar-refractivity contribution is 5.25. The van der Waals surface area contributed by atoms with Crippen LogP contribution in [-0.4, -0.2) is 6.10 Å². The van der Waals surface area contributed by atoms with E-state index in [9.17, 15) is 0 Å². The lowest BCUT2D eigenvalue weighted by Crippen LogP contribution is -2.56. The van der Waals surface area contributed by atoms with Crippen molar-refractivity contribution in [3.05, 3.63) is 47.5 Å². The lowest BCUT2D eigenvalue weighted by Gasteiger charge is -2.61. The van der Waals surface area contributed by atoms with Gasteiger partial charge in [-0.15, -0.1) is 0 Å². The second-order valence-corrected chi connectivity index (χ2v) is 11.1. The van der Waals surface area contributed by atoms with Crippen molar-refractivity contribution in [2.75, 3.05) is 0 Å². The molecule has 1 aromatic carbocycles. The zero-order valence-corrected chi connectivity index (χ0v) is 18.8. The van der Waals surface area contributed by atoms with Gasteiger partial charge in [0.1, 0.15) is 0 Å². The monoisotopic (exact) mass is 392 g/mol. The summed E-state index contributed by atoms with van der Waals surface area (Å²) in [5.41, 5.74) is 3.99. The maximum atomic E-state index is 6.89. The van der Waals surface area contributed by atoms with E-state index in [2.05, 4.69) is 57.2 Å². The fourth-order valence-electron chi connectivity index (χ4n) is 8.55. The third kappa shape index (κ3) is 3.14. The van der Waals surface area contributed by atoms with Gasteiger partial charge in [0.15, 0.2) is 0 Å². The summed E-state index contributed by atoms with van der Waals surface area (Å²) in [5.74, 6) is 3.41. The molecule has 6 unspecified atom stereocenters. The summed E-state index contributed by atoms with van der Waals surface area (Å²) >= 11 is 0. The van der Waals surface area contributed by atoms with E-state index in [1.54, 1.807) is 5.57 Å². The van der Waals surface area contributed by atoms with Crippen molar-refractivity contribution in [3.63, 3.8) is 0 Å².